The standard InChI is InChI=1S/C9H16N2O2S/c1-3-6(5-14-2)10-7-4-8(12)11-9(7)13/h6-7,10H,3-5H2,1-2H3,(H,11,12,13). The summed E-state index contributed by atoms with van der Waals surface area (Å²) in [4.78, 5) is 22.2. The van der Waals surface area contributed by atoms with Gasteiger partial charge in [-0.05, 0) is 12.7 Å². The van der Waals surface area contributed by atoms with Gasteiger partial charge in [-0.3, -0.25) is 14.9 Å². The zero-order valence-electron chi connectivity index (χ0n) is 8.50. The zero-order chi connectivity index (χ0) is 10.6. The van der Waals surface area contributed by atoms with Crippen LogP contribution in [0.2, 0.25) is 0 Å². The minimum Gasteiger partial charge on any atom is -0.302 e. The van der Waals surface area contributed by atoms with Crippen LogP contribution >= 0.6 is 11.8 Å². The first-order valence-electron chi connectivity index (χ1n) is 4.76. The van der Waals surface area contributed by atoms with Gasteiger partial charge in [0.1, 0.15) is 0 Å². The summed E-state index contributed by atoms with van der Waals surface area (Å²) in [5.74, 6) is 0.607. The number of hydrogen-bond donors (Lipinski definition) is 2. The van der Waals surface area contributed by atoms with Crippen LogP contribution < -0.4 is 10.6 Å². The highest BCUT2D eigenvalue weighted by Crippen LogP contribution is 2.07. The third-order valence-corrected chi connectivity index (χ3v) is 3.00. The molecule has 2 unspecified atom stereocenters. The van der Waals surface area contributed by atoms with Gasteiger partial charge in [-0.1, -0.05) is 6.92 Å². The number of rotatable bonds is 5. The number of carbonyl (C=O) groups excluding carboxylic acids is 2. The van der Waals surface area contributed by atoms with Gasteiger partial charge < -0.3 is 5.32 Å². The number of amides is 2. The second-order valence-corrected chi connectivity index (χ2v) is 4.31. The van der Waals surface area contributed by atoms with Crippen molar-refractivity contribution >= 4 is 23.6 Å². The molecule has 1 aliphatic heterocycles. The lowest BCUT2D eigenvalue weighted by Crippen LogP contribution is -2.43. The molecular formula is C9H16N2O2S. The van der Waals surface area contributed by atoms with E-state index in [1.807, 2.05) is 6.26 Å². The Kier molecular flexibility index (Phi) is 4.41. The molecule has 14 heavy (non-hydrogen) atoms. The maximum absolute atomic E-state index is 11.2. The van der Waals surface area contributed by atoms with E-state index in [1.54, 1.807) is 11.8 Å². The monoisotopic (exact) mass is 216 g/mol. The molecule has 2 amide bonds. The van der Waals surface area contributed by atoms with Crippen molar-refractivity contribution in [2.24, 2.45) is 0 Å². The van der Waals surface area contributed by atoms with E-state index in [0.717, 1.165) is 12.2 Å². The molecule has 0 spiro atoms. The second-order valence-electron chi connectivity index (χ2n) is 3.40. The smallest absolute Gasteiger partial charge is 0.244 e. The molecular weight excluding hydrogens is 200 g/mol. The second kappa shape index (κ2) is 5.36. The maximum atomic E-state index is 11.2. The zero-order valence-corrected chi connectivity index (χ0v) is 9.32. The maximum Gasteiger partial charge on any atom is 0.244 e. The van der Waals surface area contributed by atoms with E-state index in [2.05, 4.69) is 17.6 Å². The van der Waals surface area contributed by atoms with Gasteiger partial charge in [0, 0.05) is 11.8 Å². The first-order valence-corrected chi connectivity index (χ1v) is 6.15. The van der Waals surface area contributed by atoms with Gasteiger partial charge in [-0.25, -0.2) is 0 Å². The number of hydrogen-bond acceptors (Lipinski definition) is 4. The minimum absolute atomic E-state index is 0.175. The lowest BCUT2D eigenvalue weighted by molar-refractivity contribution is -0.125. The van der Waals surface area contributed by atoms with Crippen LogP contribution in [0.15, 0.2) is 0 Å². The van der Waals surface area contributed by atoms with Gasteiger partial charge in [0.15, 0.2) is 0 Å². The summed E-state index contributed by atoms with van der Waals surface area (Å²) in [6.07, 6.45) is 3.28. The van der Waals surface area contributed by atoms with Crippen LogP contribution in [0, 0.1) is 0 Å². The normalized spacial score (nSPS) is 23.7. The van der Waals surface area contributed by atoms with Crippen LogP contribution in [0.5, 0.6) is 0 Å². The SMILES string of the molecule is CCC(CSC)NC1CC(=O)NC1=O. The van der Waals surface area contributed by atoms with E-state index in [1.165, 1.54) is 0 Å². The van der Waals surface area contributed by atoms with E-state index < -0.39 is 0 Å². The summed E-state index contributed by atoms with van der Waals surface area (Å²) in [7, 11) is 0. The van der Waals surface area contributed by atoms with E-state index in [-0.39, 0.29) is 24.3 Å². The number of nitrogens with one attached hydrogen (secondary N) is 2. The van der Waals surface area contributed by atoms with E-state index in [9.17, 15) is 9.59 Å². The molecule has 2 atom stereocenters. The molecule has 0 saturated carbocycles. The topological polar surface area (TPSA) is 58.2 Å². The molecule has 0 aromatic carbocycles. The summed E-state index contributed by atoms with van der Waals surface area (Å²) in [5.41, 5.74) is 0. The van der Waals surface area contributed by atoms with Crippen molar-refractivity contribution in [3.8, 4) is 0 Å². The first kappa shape index (κ1) is 11.5. The van der Waals surface area contributed by atoms with Crippen molar-refractivity contribution in [1.82, 2.24) is 10.6 Å². The Labute approximate surface area is 88.2 Å². The Morgan fingerprint density at radius 1 is 1.64 bits per heavy atom. The first-order chi connectivity index (χ1) is 6.67. The van der Waals surface area contributed by atoms with Gasteiger partial charge in [-0.2, -0.15) is 11.8 Å². The fourth-order valence-corrected chi connectivity index (χ4v) is 2.19. The highest BCUT2D eigenvalue weighted by Gasteiger charge is 2.31. The molecule has 0 radical (unpaired) electrons. The van der Waals surface area contributed by atoms with Gasteiger partial charge in [0.25, 0.3) is 0 Å². The Morgan fingerprint density at radius 2 is 2.36 bits per heavy atom. The predicted octanol–water partition coefficient (Wildman–Crippen LogP) is 0.133. The van der Waals surface area contributed by atoms with Crippen molar-refractivity contribution in [3.63, 3.8) is 0 Å². The molecule has 1 rings (SSSR count). The van der Waals surface area contributed by atoms with Gasteiger partial charge in [0.2, 0.25) is 11.8 Å². The average molecular weight is 216 g/mol. The van der Waals surface area contributed by atoms with Gasteiger partial charge in [-0.15, -0.1) is 0 Å². The summed E-state index contributed by atoms with van der Waals surface area (Å²) in [6, 6.07) is -0.00810. The molecule has 0 aromatic heterocycles. The van der Waals surface area contributed by atoms with Crippen molar-refractivity contribution in [2.75, 3.05) is 12.0 Å². The quantitative estimate of drug-likeness (QED) is 0.642. The molecule has 5 heteroatoms. The van der Waals surface area contributed by atoms with Crippen LogP contribution in [-0.2, 0) is 9.59 Å². The Balaban J connectivity index is 2.42. The largest absolute Gasteiger partial charge is 0.302 e. The van der Waals surface area contributed by atoms with Crippen molar-refractivity contribution < 1.29 is 9.59 Å². The molecule has 1 heterocycles. The van der Waals surface area contributed by atoms with Crippen LogP contribution in [0.4, 0.5) is 0 Å². The van der Waals surface area contributed by atoms with Crippen molar-refractivity contribution in [2.45, 2.75) is 31.8 Å². The highest BCUT2D eigenvalue weighted by molar-refractivity contribution is 7.98. The molecule has 1 saturated heterocycles. The molecule has 80 valence electrons. The summed E-state index contributed by atoms with van der Waals surface area (Å²) >= 11 is 1.74. The molecule has 0 bridgehead atoms. The lowest BCUT2D eigenvalue weighted by atomic mass is 10.2. The third-order valence-electron chi connectivity index (χ3n) is 2.27. The molecule has 2 N–H and O–H groups in total. The van der Waals surface area contributed by atoms with Gasteiger partial charge in [0.05, 0.1) is 12.5 Å². The molecule has 1 fully saturated rings. The summed E-state index contributed by atoms with van der Waals surface area (Å²) < 4.78 is 0. The predicted molar refractivity (Wildman–Crippen MR) is 57.2 cm³/mol. The fourth-order valence-electron chi connectivity index (χ4n) is 1.46. The minimum atomic E-state index is -0.320. The van der Waals surface area contributed by atoms with Crippen LogP contribution in [0.1, 0.15) is 19.8 Å². The number of carbonyl (C=O) groups is 2. The van der Waals surface area contributed by atoms with Crippen molar-refractivity contribution in [3.05, 3.63) is 0 Å². The Hall–Kier alpha value is -0.550. The third kappa shape index (κ3) is 2.99. The van der Waals surface area contributed by atoms with Crippen molar-refractivity contribution in [1.29, 1.82) is 0 Å². The van der Waals surface area contributed by atoms with E-state index in [4.69, 9.17) is 0 Å². The van der Waals surface area contributed by atoms with Crippen LogP contribution in [-0.4, -0.2) is 35.9 Å². The number of imide groups is 1. The average Bonchev–Trinajstić information content (AvgIpc) is 2.44. The highest BCUT2D eigenvalue weighted by atomic mass is 32.2. The van der Waals surface area contributed by atoms with Gasteiger partial charge >= 0.3 is 0 Å². The van der Waals surface area contributed by atoms with E-state index >= 15 is 0 Å². The lowest BCUT2D eigenvalue weighted by Gasteiger charge is -2.18. The fraction of sp³-hybridized carbons (Fsp3) is 0.778. The summed E-state index contributed by atoms with van der Waals surface area (Å²) in [6.45, 7) is 2.07. The molecule has 1 aliphatic rings. The Bertz CT molecular complexity index is 233. The summed E-state index contributed by atoms with van der Waals surface area (Å²) in [5, 5.41) is 5.48. The van der Waals surface area contributed by atoms with E-state index in [0.29, 0.717) is 6.04 Å². The number of thioether (sulfide) groups is 1. The van der Waals surface area contributed by atoms with Crippen LogP contribution in [0.3, 0.4) is 0 Å². The molecule has 0 aliphatic carbocycles. The Morgan fingerprint density at radius 3 is 2.79 bits per heavy atom. The molecule has 0 aromatic rings. The molecule has 4 nitrogen and oxygen atoms in total. The van der Waals surface area contributed by atoms with Crippen LogP contribution in [0.25, 0.3) is 0 Å².